The van der Waals surface area contributed by atoms with Crippen LogP contribution in [0.15, 0.2) is 73.4 Å². The van der Waals surface area contributed by atoms with Gasteiger partial charge in [-0.2, -0.15) is 5.26 Å². The Morgan fingerprint density at radius 1 is 1.33 bits per heavy atom. The largest absolute Gasteiger partial charge is 0.458 e. The lowest BCUT2D eigenvalue weighted by molar-refractivity contribution is -0.137. The zero-order valence-electron chi connectivity index (χ0n) is 12.2. The second kappa shape index (κ2) is 12.2. The highest BCUT2D eigenvalue weighted by molar-refractivity contribution is 5.86. The van der Waals surface area contributed by atoms with Gasteiger partial charge in [0.15, 0.2) is 0 Å². The molecular weight excluding hydrogens is 262 g/mol. The van der Waals surface area contributed by atoms with Crippen LogP contribution < -0.4 is 0 Å². The lowest BCUT2D eigenvalue weighted by atomic mass is 10.2. The van der Waals surface area contributed by atoms with E-state index in [-0.39, 0.29) is 12.6 Å². The number of carbonyl (C=O) groups excluding carboxylic acids is 1. The quantitative estimate of drug-likeness (QED) is 0.269. The summed E-state index contributed by atoms with van der Waals surface area (Å²) >= 11 is 0. The lowest BCUT2D eigenvalue weighted by Gasteiger charge is -1.97. The van der Waals surface area contributed by atoms with Crippen molar-refractivity contribution in [3.63, 3.8) is 0 Å². The number of nitrogens with zero attached hydrogens (tertiary/aromatic N) is 1. The summed E-state index contributed by atoms with van der Waals surface area (Å²) in [5.74, 6) is -0.366. The van der Waals surface area contributed by atoms with Crippen molar-refractivity contribution in [2.24, 2.45) is 0 Å². The third-order valence-electron chi connectivity index (χ3n) is 2.05. The number of nitriles is 1. The van der Waals surface area contributed by atoms with Gasteiger partial charge in [-0.25, -0.2) is 4.79 Å². The Morgan fingerprint density at radius 3 is 2.52 bits per heavy atom. The topological polar surface area (TPSA) is 50.1 Å². The van der Waals surface area contributed by atoms with E-state index in [9.17, 15) is 4.79 Å². The molecule has 0 bridgehead atoms. The van der Waals surface area contributed by atoms with E-state index in [1.54, 1.807) is 13.0 Å². The molecule has 0 heterocycles. The van der Waals surface area contributed by atoms with E-state index in [0.29, 0.717) is 5.57 Å². The smallest absolute Gasteiger partial charge is 0.333 e. The van der Waals surface area contributed by atoms with Gasteiger partial charge in [0.2, 0.25) is 0 Å². The van der Waals surface area contributed by atoms with E-state index in [1.807, 2.05) is 48.6 Å². The van der Waals surface area contributed by atoms with Crippen molar-refractivity contribution < 1.29 is 9.53 Å². The highest BCUT2D eigenvalue weighted by Gasteiger charge is 1.98. The number of allylic oxidation sites excluding steroid dienone is 3. The van der Waals surface area contributed by atoms with E-state index < -0.39 is 0 Å². The molecule has 1 aromatic carbocycles. The molecule has 0 radical (unpaired) electrons. The summed E-state index contributed by atoms with van der Waals surface area (Å²) in [5, 5.41) is 8.19. The molecular formula is C18H19NO2. The van der Waals surface area contributed by atoms with Gasteiger partial charge in [-0.15, -0.1) is 0 Å². The van der Waals surface area contributed by atoms with Crippen LogP contribution in [0.2, 0.25) is 0 Å². The maximum absolute atomic E-state index is 10.5. The van der Waals surface area contributed by atoms with Gasteiger partial charge in [0.05, 0.1) is 6.07 Å². The predicted octanol–water partition coefficient (Wildman–Crippen LogP) is 4.07. The predicted molar refractivity (Wildman–Crippen MR) is 86.2 cm³/mol. The fraction of sp³-hybridized carbons (Fsp3) is 0.111. The minimum Gasteiger partial charge on any atom is -0.458 e. The summed E-state index contributed by atoms with van der Waals surface area (Å²) < 4.78 is 4.60. The van der Waals surface area contributed by atoms with Gasteiger partial charge in [0.1, 0.15) is 6.61 Å². The van der Waals surface area contributed by atoms with Gasteiger partial charge in [-0.1, -0.05) is 67.8 Å². The van der Waals surface area contributed by atoms with Crippen LogP contribution in [0, 0.1) is 11.3 Å². The zero-order valence-corrected chi connectivity index (χ0v) is 12.2. The Hall–Kier alpha value is -2.86. The number of esters is 1. The lowest BCUT2D eigenvalue weighted by Crippen LogP contribution is -2.03. The van der Waals surface area contributed by atoms with Crippen LogP contribution in [0.5, 0.6) is 0 Å². The molecule has 0 aromatic heterocycles. The Bertz CT molecular complexity index is 548. The summed E-state index contributed by atoms with van der Waals surface area (Å²) in [6.07, 6.45) is 8.47. The molecule has 0 spiro atoms. The molecule has 0 aliphatic heterocycles. The molecule has 0 saturated heterocycles. The van der Waals surface area contributed by atoms with E-state index in [4.69, 9.17) is 5.26 Å². The average molecular weight is 281 g/mol. The van der Waals surface area contributed by atoms with E-state index >= 15 is 0 Å². The van der Waals surface area contributed by atoms with Crippen molar-refractivity contribution in [1.29, 1.82) is 5.26 Å². The molecule has 0 atom stereocenters. The van der Waals surface area contributed by atoms with Crippen LogP contribution in [-0.2, 0) is 9.53 Å². The molecule has 108 valence electrons. The molecule has 0 aliphatic rings. The third-order valence-corrected chi connectivity index (χ3v) is 2.05. The first-order valence-electron chi connectivity index (χ1n) is 6.33. The summed E-state index contributed by atoms with van der Waals surface area (Å²) in [7, 11) is 0. The maximum atomic E-state index is 10.5. The molecule has 0 aliphatic carbocycles. The van der Waals surface area contributed by atoms with Gasteiger partial charge in [0.25, 0.3) is 0 Å². The number of hydrogen-bond donors (Lipinski definition) is 0. The standard InChI is InChI=1S/C11H9N.C7H10O2/c12-10-6-2-5-9-11-7-3-1-4-8-11;1-4-5-9-7(8)6(2)3/h1-9H;4H,1-2,5H2,3H3. The summed E-state index contributed by atoms with van der Waals surface area (Å²) in [6, 6.07) is 11.9. The van der Waals surface area contributed by atoms with Crippen molar-refractivity contribution in [3.8, 4) is 6.07 Å². The van der Waals surface area contributed by atoms with Gasteiger partial charge in [-0.3, -0.25) is 0 Å². The van der Waals surface area contributed by atoms with Crippen LogP contribution in [-0.4, -0.2) is 12.6 Å². The van der Waals surface area contributed by atoms with Crippen molar-refractivity contribution in [2.75, 3.05) is 6.61 Å². The average Bonchev–Trinajstić information content (AvgIpc) is 2.51. The van der Waals surface area contributed by atoms with Crippen molar-refractivity contribution in [3.05, 3.63) is 78.9 Å². The van der Waals surface area contributed by atoms with Crippen LogP contribution in [0.25, 0.3) is 6.08 Å². The molecule has 3 nitrogen and oxygen atoms in total. The van der Waals surface area contributed by atoms with Crippen molar-refractivity contribution in [2.45, 2.75) is 6.92 Å². The van der Waals surface area contributed by atoms with Crippen LogP contribution in [0.4, 0.5) is 0 Å². The SMILES string of the molecule is C=CCOC(=O)C(=C)C.N#CC=CC=Cc1ccccc1. The number of hydrogen-bond acceptors (Lipinski definition) is 3. The van der Waals surface area contributed by atoms with Gasteiger partial charge in [0, 0.05) is 11.6 Å². The Balaban J connectivity index is 0.000000400. The first-order valence-corrected chi connectivity index (χ1v) is 6.33. The second-order valence-corrected chi connectivity index (χ2v) is 3.93. The third kappa shape index (κ3) is 10.7. The van der Waals surface area contributed by atoms with Gasteiger partial charge >= 0.3 is 5.97 Å². The first kappa shape index (κ1) is 18.1. The minimum absolute atomic E-state index is 0.256. The van der Waals surface area contributed by atoms with Gasteiger partial charge in [-0.05, 0) is 12.5 Å². The number of benzene rings is 1. The number of carbonyl (C=O) groups is 1. The van der Waals surface area contributed by atoms with Crippen molar-refractivity contribution >= 4 is 12.0 Å². The zero-order chi connectivity index (χ0) is 15.9. The monoisotopic (exact) mass is 281 g/mol. The summed E-state index contributed by atoms with van der Waals surface area (Å²) in [6.45, 7) is 8.64. The Kier molecular flexibility index (Phi) is 10.5. The van der Waals surface area contributed by atoms with Crippen LogP contribution in [0.1, 0.15) is 12.5 Å². The van der Waals surface area contributed by atoms with E-state index in [0.717, 1.165) is 5.56 Å². The maximum Gasteiger partial charge on any atom is 0.333 e. The molecule has 0 amide bonds. The fourth-order valence-electron chi connectivity index (χ4n) is 1.09. The molecule has 0 N–H and O–H groups in total. The molecule has 1 rings (SSSR count). The molecule has 0 unspecified atom stereocenters. The molecule has 0 saturated carbocycles. The van der Waals surface area contributed by atoms with Crippen LogP contribution >= 0.6 is 0 Å². The molecule has 1 aromatic rings. The molecule has 21 heavy (non-hydrogen) atoms. The highest BCUT2D eigenvalue weighted by atomic mass is 16.5. The minimum atomic E-state index is -0.366. The van der Waals surface area contributed by atoms with E-state index in [2.05, 4.69) is 17.9 Å². The Labute approximate surface area is 126 Å². The summed E-state index contributed by atoms with van der Waals surface area (Å²) in [5.41, 5.74) is 1.55. The normalized spacial score (nSPS) is 9.52. The summed E-state index contributed by atoms with van der Waals surface area (Å²) in [4.78, 5) is 10.5. The fourth-order valence-corrected chi connectivity index (χ4v) is 1.09. The first-order chi connectivity index (χ1) is 10.1. The highest BCUT2D eigenvalue weighted by Crippen LogP contribution is 2.00. The number of ether oxygens (including phenoxy) is 1. The van der Waals surface area contributed by atoms with E-state index in [1.165, 1.54) is 12.2 Å². The molecule has 3 heteroatoms. The second-order valence-electron chi connectivity index (χ2n) is 3.93. The molecule has 0 fully saturated rings. The van der Waals surface area contributed by atoms with Gasteiger partial charge < -0.3 is 4.74 Å². The van der Waals surface area contributed by atoms with Crippen molar-refractivity contribution in [1.82, 2.24) is 0 Å². The Morgan fingerprint density at radius 2 is 2.00 bits per heavy atom. The van der Waals surface area contributed by atoms with Crippen LogP contribution in [0.3, 0.4) is 0 Å². The number of rotatable bonds is 5.